The van der Waals surface area contributed by atoms with Crippen molar-refractivity contribution in [3.05, 3.63) is 58.3 Å². The first-order valence-corrected chi connectivity index (χ1v) is 7.93. The Kier molecular flexibility index (Phi) is 4.34. The smallest absolute Gasteiger partial charge is 0.211 e. The molecule has 1 aromatic carbocycles. The highest BCUT2D eigenvalue weighted by atomic mass is 79.9. The van der Waals surface area contributed by atoms with Gasteiger partial charge in [-0.2, -0.15) is 0 Å². The van der Waals surface area contributed by atoms with Crippen LogP contribution < -0.4 is 0 Å². The van der Waals surface area contributed by atoms with Gasteiger partial charge in [0.25, 0.3) is 0 Å². The van der Waals surface area contributed by atoms with Gasteiger partial charge in [0.05, 0.1) is 23.2 Å². The summed E-state index contributed by atoms with van der Waals surface area (Å²) < 4.78 is 6.74. The van der Waals surface area contributed by atoms with E-state index in [4.69, 9.17) is 4.74 Å². The monoisotopic (exact) mass is 357 g/mol. The van der Waals surface area contributed by atoms with E-state index in [-0.39, 0.29) is 6.10 Å². The molecule has 0 unspecified atom stereocenters. The Bertz CT molecular complexity index is 739. The van der Waals surface area contributed by atoms with Crippen molar-refractivity contribution in [1.82, 2.24) is 4.98 Å². The van der Waals surface area contributed by atoms with Crippen LogP contribution in [0.1, 0.15) is 25.1 Å². The maximum Gasteiger partial charge on any atom is 0.211 e. The Hall–Kier alpha value is -2.01. The molecule has 2 aromatic rings. The van der Waals surface area contributed by atoms with Gasteiger partial charge in [0, 0.05) is 16.2 Å². The lowest BCUT2D eigenvalue weighted by atomic mass is 10.0. The predicted octanol–water partition coefficient (Wildman–Crippen LogP) is 4.15. The van der Waals surface area contributed by atoms with E-state index in [0.29, 0.717) is 12.4 Å². The molecule has 5 heteroatoms. The summed E-state index contributed by atoms with van der Waals surface area (Å²) in [5.41, 5.74) is 3.47. The third-order valence-corrected chi connectivity index (χ3v) is 3.60. The molecule has 1 aliphatic heterocycles. The van der Waals surface area contributed by atoms with Crippen LogP contribution in [0, 0.1) is 0 Å². The number of fused-ring (bicyclic) bond motifs is 1. The zero-order chi connectivity index (χ0) is 15.5. The molecule has 1 aliphatic rings. The minimum absolute atomic E-state index is 0.0734. The molecular formula is C17H16BrN3O. The molecule has 0 amide bonds. The molecular weight excluding hydrogens is 342 g/mol. The second kappa shape index (κ2) is 6.40. The highest BCUT2D eigenvalue weighted by molar-refractivity contribution is 9.10. The third kappa shape index (κ3) is 3.25. The molecule has 0 aliphatic carbocycles. The minimum atomic E-state index is 0.0734. The molecule has 0 saturated heterocycles. The number of halogens is 1. The highest BCUT2D eigenvalue weighted by Gasteiger charge is 2.18. The van der Waals surface area contributed by atoms with Gasteiger partial charge in [-0.1, -0.05) is 22.0 Å². The number of aliphatic imine (C=N–C) groups is 2. The van der Waals surface area contributed by atoms with Crippen LogP contribution in [-0.4, -0.2) is 29.2 Å². The molecule has 22 heavy (non-hydrogen) atoms. The first-order chi connectivity index (χ1) is 10.6. The van der Waals surface area contributed by atoms with Gasteiger partial charge in [-0.15, -0.1) is 0 Å². The van der Waals surface area contributed by atoms with Gasteiger partial charge in [-0.3, -0.25) is 9.98 Å². The van der Waals surface area contributed by atoms with Gasteiger partial charge in [0.2, 0.25) is 5.90 Å². The van der Waals surface area contributed by atoms with Gasteiger partial charge < -0.3 is 4.74 Å². The topological polar surface area (TPSA) is 46.8 Å². The normalized spacial score (nSPS) is 14.0. The quantitative estimate of drug-likeness (QED) is 0.810. The minimum Gasteiger partial charge on any atom is -0.477 e. The van der Waals surface area contributed by atoms with Crippen molar-refractivity contribution in [1.29, 1.82) is 0 Å². The van der Waals surface area contributed by atoms with Crippen LogP contribution in [0.15, 0.2) is 57.1 Å². The van der Waals surface area contributed by atoms with E-state index in [1.54, 1.807) is 6.20 Å². The number of nitrogens with zero attached hydrogens (tertiary/aromatic N) is 3. The molecule has 1 aromatic heterocycles. The molecule has 0 spiro atoms. The lowest BCUT2D eigenvalue weighted by molar-refractivity contribution is 0.225. The maximum atomic E-state index is 5.75. The summed E-state index contributed by atoms with van der Waals surface area (Å²) in [6.45, 7) is 4.38. The van der Waals surface area contributed by atoms with Crippen LogP contribution >= 0.6 is 15.9 Å². The highest BCUT2D eigenvalue weighted by Crippen LogP contribution is 2.28. The molecule has 0 bridgehead atoms. The molecule has 2 heterocycles. The summed E-state index contributed by atoms with van der Waals surface area (Å²) in [5, 5.41) is 0. The van der Waals surface area contributed by atoms with Gasteiger partial charge in [0.1, 0.15) is 6.54 Å². The molecule has 0 saturated carbocycles. The molecule has 0 fully saturated rings. The van der Waals surface area contributed by atoms with Crippen molar-refractivity contribution >= 4 is 33.2 Å². The van der Waals surface area contributed by atoms with Gasteiger partial charge in [-0.25, -0.2) is 4.99 Å². The van der Waals surface area contributed by atoms with E-state index in [0.717, 1.165) is 27.1 Å². The largest absolute Gasteiger partial charge is 0.477 e. The van der Waals surface area contributed by atoms with Gasteiger partial charge in [-0.05, 0) is 44.2 Å². The summed E-state index contributed by atoms with van der Waals surface area (Å²) in [6.07, 6.45) is 1.84. The Balaban J connectivity index is 2.11. The first-order valence-electron chi connectivity index (χ1n) is 7.13. The predicted molar refractivity (Wildman–Crippen MR) is 92.2 cm³/mol. The number of ether oxygens (including phenoxy) is 1. The number of hydrogen-bond acceptors (Lipinski definition) is 4. The molecule has 3 rings (SSSR count). The average molecular weight is 358 g/mol. The molecule has 4 nitrogen and oxygen atoms in total. The lowest BCUT2D eigenvalue weighted by Crippen LogP contribution is -2.14. The summed E-state index contributed by atoms with van der Waals surface area (Å²) in [7, 11) is 0. The molecule has 0 radical (unpaired) electrons. The second-order valence-electron chi connectivity index (χ2n) is 5.21. The Labute approximate surface area is 138 Å². The van der Waals surface area contributed by atoms with E-state index >= 15 is 0 Å². The number of rotatable bonds is 2. The second-order valence-corrected chi connectivity index (χ2v) is 6.13. The number of hydrogen-bond donors (Lipinski definition) is 0. The van der Waals surface area contributed by atoms with Crippen molar-refractivity contribution in [2.24, 2.45) is 9.98 Å². The summed E-state index contributed by atoms with van der Waals surface area (Å²) in [5.74, 6) is 0.629. The Morgan fingerprint density at radius 2 is 2.05 bits per heavy atom. The van der Waals surface area contributed by atoms with Crippen LogP contribution in [0.2, 0.25) is 0 Å². The number of pyridine rings is 1. The van der Waals surface area contributed by atoms with Crippen LogP contribution in [-0.2, 0) is 4.74 Å². The molecule has 0 N–H and O–H groups in total. The van der Waals surface area contributed by atoms with Crippen molar-refractivity contribution in [2.75, 3.05) is 6.54 Å². The fourth-order valence-electron chi connectivity index (χ4n) is 2.25. The molecule has 0 atom stereocenters. The summed E-state index contributed by atoms with van der Waals surface area (Å²) >= 11 is 3.52. The van der Waals surface area contributed by atoms with Crippen LogP contribution in [0.25, 0.3) is 0 Å². The maximum absolute atomic E-state index is 5.75. The number of benzene rings is 1. The van der Waals surface area contributed by atoms with E-state index in [1.165, 1.54) is 0 Å². The van der Waals surface area contributed by atoms with Crippen molar-refractivity contribution in [2.45, 2.75) is 20.0 Å². The van der Waals surface area contributed by atoms with Gasteiger partial charge in [0.15, 0.2) is 0 Å². The van der Waals surface area contributed by atoms with Crippen molar-refractivity contribution in [3.8, 4) is 0 Å². The van der Waals surface area contributed by atoms with Gasteiger partial charge >= 0.3 is 0 Å². The lowest BCUT2D eigenvalue weighted by Gasteiger charge is -2.09. The van der Waals surface area contributed by atoms with E-state index in [1.807, 2.05) is 50.2 Å². The fraction of sp³-hybridized carbons (Fsp3) is 0.235. The van der Waals surface area contributed by atoms with Crippen molar-refractivity contribution < 1.29 is 4.74 Å². The zero-order valence-electron chi connectivity index (χ0n) is 12.5. The molecule has 112 valence electrons. The summed E-state index contributed by atoms with van der Waals surface area (Å²) in [4.78, 5) is 13.7. The van der Waals surface area contributed by atoms with E-state index in [9.17, 15) is 0 Å². The SMILES string of the molecule is CC(C)OC1=Nc2ccc(Br)cc2C(c2ccccn2)=NC1. The average Bonchev–Trinajstić information content (AvgIpc) is 2.66. The van der Waals surface area contributed by atoms with Crippen LogP contribution in [0.5, 0.6) is 0 Å². The first kappa shape index (κ1) is 14.9. The van der Waals surface area contributed by atoms with Crippen LogP contribution in [0.4, 0.5) is 5.69 Å². The summed E-state index contributed by atoms with van der Waals surface area (Å²) in [6, 6.07) is 11.8. The Morgan fingerprint density at radius 3 is 2.77 bits per heavy atom. The van der Waals surface area contributed by atoms with Crippen LogP contribution in [0.3, 0.4) is 0 Å². The third-order valence-electron chi connectivity index (χ3n) is 3.11. The van der Waals surface area contributed by atoms with Crippen molar-refractivity contribution in [3.63, 3.8) is 0 Å². The van der Waals surface area contributed by atoms with E-state index in [2.05, 4.69) is 30.9 Å². The Morgan fingerprint density at radius 1 is 1.18 bits per heavy atom. The zero-order valence-corrected chi connectivity index (χ0v) is 14.0. The van der Waals surface area contributed by atoms with E-state index < -0.39 is 0 Å². The number of aromatic nitrogens is 1. The standard InChI is InChI=1S/C17H16BrN3O/c1-11(2)22-16-10-20-17(15-5-3-4-8-19-15)13-9-12(18)6-7-14(13)21-16/h3-9,11H,10H2,1-2H3. The fourth-order valence-corrected chi connectivity index (χ4v) is 2.62.